The van der Waals surface area contributed by atoms with Gasteiger partial charge in [0.05, 0.1) is 16.3 Å². The number of piperidine rings is 1. The van der Waals surface area contributed by atoms with E-state index in [9.17, 15) is 0 Å². The fourth-order valence-electron chi connectivity index (χ4n) is 3.80. The molecule has 1 aromatic heterocycles. The van der Waals surface area contributed by atoms with Crippen LogP contribution in [0, 0.1) is 17.3 Å². The van der Waals surface area contributed by atoms with Gasteiger partial charge in [-0.15, -0.1) is 11.3 Å². The molecule has 1 fully saturated rings. The van der Waals surface area contributed by atoms with Crippen LogP contribution in [0.1, 0.15) is 41.5 Å². The molecule has 4 N–H and O–H groups in total. The Morgan fingerprint density at radius 2 is 2.09 bits per heavy atom. The number of hydrogen-bond acceptors (Lipinski definition) is 5. The molecule has 0 amide bonds. The predicted octanol–water partition coefficient (Wildman–Crippen LogP) is 3.72. The summed E-state index contributed by atoms with van der Waals surface area (Å²) in [5.41, 5.74) is 8.35. The number of aromatic nitrogens is 1. The largest absolute Gasteiger partial charge is 0.370 e. The average molecular weight is 448 g/mol. The van der Waals surface area contributed by atoms with Crippen molar-refractivity contribution in [2.75, 3.05) is 26.7 Å². The molecule has 7 heteroatoms. The van der Waals surface area contributed by atoms with Gasteiger partial charge in [0.1, 0.15) is 11.1 Å². The Labute approximate surface area is 193 Å². The highest BCUT2D eigenvalue weighted by Crippen LogP contribution is 2.35. The summed E-state index contributed by atoms with van der Waals surface area (Å²) in [6.45, 7) is 2.67. The lowest BCUT2D eigenvalue weighted by Crippen LogP contribution is -2.35. The molecule has 1 saturated heterocycles. The molecule has 32 heavy (non-hydrogen) atoms. The third kappa shape index (κ3) is 5.86. The molecule has 0 bridgehead atoms. The molecule has 4 rings (SSSR count). The lowest BCUT2D eigenvalue weighted by Gasteiger charge is -2.31. The van der Waals surface area contributed by atoms with Crippen LogP contribution in [0.3, 0.4) is 0 Å². The van der Waals surface area contributed by atoms with Crippen LogP contribution in [-0.4, -0.2) is 48.6 Å². The molecular weight excluding hydrogens is 418 g/mol. The van der Waals surface area contributed by atoms with Crippen molar-refractivity contribution in [3.8, 4) is 11.8 Å². The Kier molecular flexibility index (Phi) is 7.38. The van der Waals surface area contributed by atoms with Gasteiger partial charge in [0.25, 0.3) is 0 Å². The Morgan fingerprint density at radius 1 is 1.28 bits per heavy atom. The molecule has 2 aromatic carbocycles. The number of guanidine groups is 1. The van der Waals surface area contributed by atoms with Crippen LogP contribution >= 0.6 is 11.3 Å². The van der Waals surface area contributed by atoms with Crippen LogP contribution in [0.2, 0.25) is 0 Å². The predicted molar refractivity (Wildman–Crippen MR) is 131 cm³/mol. The summed E-state index contributed by atoms with van der Waals surface area (Å²) < 4.78 is 7.87. The zero-order chi connectivity index (χ0) is 22.3. The van der Waals surface area contributed by atoms with E-state index < -0.39 is 0 Å². The summed E-state index contributed by atoms with van der Waals surface area (Å²) in [4.78, 5) is 7.26. The average Bonchev–Trinajstić information content (AvgIpc) is 3.22. The van der Waals surface area contributed by atoms with Crippen LogP contribution < -0.4 is 11.1 Å². The Hall–Kier alpha value is -2.92. The molecule has 1 atom stereocenters. The van der Waals surface area contributed by atoms with Gasteiger partial charge in [-0.3, -0.25) is 5.41 Å². The molecule has 0 spiro atoms. The number of ether oxygens (including phenoxy) is 1. The highest BCUT2D eigenvalue weighted by Gasteiger charge is 2.26. The molecule has 3 aromatic rings. The van der Waals surface area contributed by atoms with Crippen LogP contribution in [0.25, 0.3) is 10.2 Å². The zero-order valence-corrected chi connectivity index (χ0v) is 19.1. The quantitative estimate of drug-likeness (QED) is 0.232. The number of nitrogens with one attached hydrogen (secondary N) is 2. The molecule has 1 aliphatic heterocycles. The van der Waals surface area contributed by atoms with Crippen molar-refractivity contribution in [1.82, 2.24) is 15.2 Å². The van der Waals surface area contributed by atoms with Gasteiger partial charge in [0.15, 0.2) is 5.96 Å². The van der Waals surface area contributed by atoms with Gasteiger partial charge in [-0.2, -0.15) is 0 Å². The van der Waals surface area contributed by atoms with Gasteiger partial charge < -0.3 is 20.7 Å². The first-order valence-electron chi connectivity index (χ1n) is 10.9. The maximum absolute atomic E-state index is 7.20. The van der Waals surface area contributed by atoms with Crippen molar-refractivity contribution in [1.29, 1.82) is 5.41 Å². The standard InChI is InChI=1S/C25H29N5OS/c1-30-15-12-20(13-16-30)31-23(24-29-21-10-2-3-11-22(21)32-24)19-9-6-8-18(17-19)7-4-5-14-28-25(26)27/h2-3,6,8-11,17,20,23H,5,12-16H2,1H3,(H4,26,27,28). The van der Waals surface area contributed by atoms with E-state index in [-0.39, 0.29) is 18.2 Å². The Morgan fingerprint density at radius 3 is 2.88 bits per heavy atom. The number of nitrogens with two attached hydrogens (primary N) is 1. The zero-order valence-electron chi connectivity index (χ0n) is 18.3. The Bertz CT molecular complexity index is 1090. The van der Waals surface area contributed by atoms with Crippen LogP contribution in [0.4, 0.5) is 0 Å². The van der Waals surface area contributed by atoms with Crippen molar-refractivity contribution in [3.63, 3.8) is 0 Å². The van der Waals surface area contributed by atoms with Gasteiger partial charge in [0.2, 0.25) is 0 Å². The molecule has 2 heterocycles. The molecule has 0 radical (unpaired) electrons. The number of likely N-dealkylation sites (tertiary alicyclic amines) is 1. The first-order chi connectivity index (χ1) is 15.6. The molecule has 0 saturated carbocycles. The normalized spacial score (nSPS) is 15.8. The fourth-order valence-corrected chi connectivity index (χ4v) is 4.83. The maximum Gasteiger partial charge on any atom is 0.185 e. The van der Waals surface area contributed by atoms with E-state index in [1.807, 2.05) is 24.3 Å². The highest BCUT2D eigenvalue weighted by atomic mass is 32.1. The van der Waals surface area contributed by atoms with Crippen LogP contribution in [0.15, 0.2) is 48.5 Å². The van der Waals surface area contributed by atoms with Crippen LogP contribution in [0.5, 0.6) is 0 Å². The second kappa shape index (κ2) is 10.6. The Balaban J connectivity index is 1.58. The van der Waals surface area contributed by atoms with Gasteiger partial charge in [-0.05, 0) is 49.7 Å². The van der Waals surface area contributed by atoms with Crippen LogP contribution in [-0.2, 0) is 4.74 Å². The molecule has 166 valence electrons. The third-order valence-electron chi connectivity index (χ3n) is 5.52. The first-order valence-corrected chi connectivity index (χ1v) is 11.8. The van der Waals surface area contributed by atoms with Crippen molar-refractivity contribution in [2.24, 2.45) is 5.73 Å². The van der Waals surface area contributed by atoms with E-state index in [0.29, 0.717) is 13.0 Å². The summed E-state index contributed by atoms with van der Waals surface area (Å²) in [5, 5.41) is 11.0. The number of nitrogens with zero attached hydrogens (tertiary/aromatic N) is 2. The van der Waals surface area contributed by atoms with Gasteiger partial charge in [-0.25, -0.2) is 4.98 Å². The minimum atomic E-state index is -0.207. The van der Waals surface area contributed by atoms with E-state index in [4.69, 9.17) is 20.9 Å². The smallest absolute Gasteiger partial charge is 0.185 e. The van der Waals surface area contributed by atoms with Gasteiger partial charge >= 0.3 is 0 Å². The molecule has 0 aliphatic carbocycles. The molecule has 1 unspecified atom stereocenters. The second-order valence-electron chi connectivity index (χ2n) is 8.06. The lowest BCUT2D eigenvalue weighted by molar-refractivity contribution is -0.0234. The van der Waals surface area contributed by atoms with Crippen molar-refractivity contribution < 1.29 is 4.74 Å². The highest BCUT2D eigenvalue weighted by molar-refractivity contribution is 7.18. The van der Waals surface area contributed by atoms with E-state index in [2.05, 4.69) is 53.4 Å². The van der Waals surface area contributed by atoms with Gasteiger partial charge in [0, 0.05) is 31.6 Å². The SMILES string of the molecule is CN1CCC(OC(c2cccc(C#CCCNC(=N)N)c2)c2nc3ccccc3s2)CC1. The summed E-state index contributed by atoms with van der Waals surface area (Å²) >= 11 is 1.70. The van der Waals surface area contributed by atoms with Crippen molar-refractivity contribution in [2.45, 2.75) is 31.5 Å². The molecule has 6 nitrogen and oxygen atoms in total. The number of para-hydroxylation sites is 1. The summed E-state index contributed by atoms with van der Waals surface area (Å²) in [6.07, 6.45) is 2.69. The van der Waals surface area contributed by atoms with E-state index in [0.717, 1.165) is 47.6 Å². The number of benzene rings is 2. The molecule has 1 aliphatic rings. The number of thiazole rings is 1. The molecular formula is C25H29N5OS. The number of fused-ring (bicyclic) bond motifs is 1. The topological polar surface area (TPSA) is 87.3 Å². The van der Waals surface area contributed by atoms with E-state index >= 15 is 0 Å². The van der Waals surface area contributed by atoms with E-state index in [1.54, 1.807) is 11.3 Å². The maximum atomic E-state index is 7.20. The summed E-state index contributed by atoms with van der Waals surface area (Å²) in [6, 6.07) is 16.5. The summed E-state index contributed by atoms with van der Waals surface area (Å²) in [7, 11) is 2.16. The summed E-state index contributed by atoms with van der Waals surface area (Å²) in [5.74, 6) is 6.34. The first kappa shape index (κ1) is 22.3. The monoisotopic (exact) mass is 447 g/mol. The number of rotatable bonds is 6. The van der Waals surface area contributed by atoms with Crippen molar-refractivity contribution >= 4 is 27.5 Å². The van der Waals surface area contributed by atoms with Crippen molar-refractivity contribution in [3.05, 3.63) is 64.7 Å². The third-order valence-corrected chi connectivity index (χ3v) is 6.60. The minimum absolute atomic E-state index is 0.0291. The van der Waals surface area contributed by atoms with E-state index in [1.165, 1.54) is 4.70 Å². The minimum Gasteiger partial charge on any atom is -0.370 e. The van der Waals surface area contributed by atoms with Gasteiger partial charge in [-0.1, -0.05) is 36.1 Å². The number of hydrogen-bond donors (Lipinski definition) is 3. The second-order valence-corrected chi connectivity index (χ2v) is 9.12. The fraction of sp³-hybridized carbons (Fsp3) is 0.360. The lowest BCUT2D eigenvalue weighted by atomic mass is 10.0.